The van der Waals surface area contributed by atoms with E-state index in [0.29, 0.717) is 25.3 Å². The maximum absolute atomic E-state index is 12.1. The van der Waals surface area contributed by atoms with Gasteiger partial charge in [0.2, 0.25) is 0 Å². The molecule has 6 nitrogen and oxygen atoms in total. The average molecular weight is 379 g/mol. The van der Waals surface area contributed by atoms with E-state index in [1.807, 2.05) is 0 Å². The van der Waals surface area contributed by atoms with Gasteiger partial charge in [-0.05, 0) is 30.5 Å². The quantitative estimate of drug-likeness (QED) is 0.598. The maximum atomic E-state index is 12.1. The van der Waals surface area contributed by atoms with E-state index in [0.717, 1.165) is 5.56 Å². The van der Waals surface area contributed by atoms with Gasteiger partial charge in [0.25, 0.3) is 0 Å². The van der Waals surface area contributed by atoms with Crippen molar-refractivity contribution in [3.63, 3.8) is 0 Å². The van der Waals surface area contributed by atoms with Crippen molar-refractivity contribution < 1.29 is 26.3 Å². The van der Waals surface area contributed by atoms with Gasteiger partial charge in [-0.15, -0.1) is 13.2 Å². The van der Waals surface area contributed by atoms with Crippen LogP contribution < -0.4 is 15.4 Å². The Hall–Kier alpha value is -1.97. The topological polar surface area (TPSA) is 79.8 Å². The van der Waals surface area contributed by atoms with Crippen molar-refractivity contribution in [1.29, 1.82) is 0 Å². The molecule has 0 saturated carbocycles. The van der Waals surface area contributed by atoms with Crippen LogP contribution in [0.15, 0.2) is 29.3 Å². The van der Waals surface area contributed by atoms with Gasteiger partial charge in [-0.25, -0.2) is 8.42 Å². The van der Waals surface area contributed by atoms with Crippen molar-refractivity contribution >= 4 is 15.8 Å². The molecule has 1 fully saturated rings. The second-order valence-corrected chi connectivity index (χ2v) is 7.91. The van der Waals surface area contributed by atoms with Crippen LogP contribution >= 0.6 is 0 Å². The fourth-order valence-electron chi connectivity index (χ4n) is 2.48. The van der Waals surface area contributed by atoms with Gasteiger partial charge in [0.05, 0.1) is 11.5 Å². The third-order valence-electron chi connectivity index (χ3n) is 3.66. The van der Waals surface area contributed by atoms with Crippen molar-refractivity contribution in [3.05, 3.63) is 29.8 Å². The molecule has 1 aromatic rings. The average Bonchev–Trinajstić information content (AvgIpc) is 2.85. The summed E-state index contributed by atoms with van der Waals surface area (Å²) in [5, 5.41) is 6.11. The molecule has 0 spiro atoms. The Morgan fingerprint density at radius 2 is 2.00 bits per heavy atom. The number of aliphatic imine (C=N–C) groups is 1. The summed E-state index contributed by atoms with van der Waals surface area (Å²) in [6, 6.07) is 5.48. The number of hydrogen-bond donors (Lipinski definition) is 2. The Labute approximate surface area is 144 Å². The standard InChI is InChI=1S/C15H20F3N3O3S/c1-19-14(21-12-7-9-25(22,23)10-12)20-8-6-11-2-4-13(5-3-11)24-15(16,17)18/h2-5,12H,6-10H2,1H3,(H2,19,20,21). The van der Waals surface area contributed by atoms with Gasteiger partial charge < -0.3 is 15.4 Å². The van der Waals surface area contributed by atoms with Gasteiger partial charge in [0, 0.05) is 19.6 Å². The minimum atomic E-state index is -4.70. The monoisotopic (exact) mass is 379 g/mol. The lowest BCUT2D eigenvalue weighted by molar-refractivity contribution is -0.274. The first kappa shape index (κ1) is 19.4. The summed E-state index contributed by atoms with van der Waals surface area (Å²) in [6.45, 7) is 0.499. The molecule has 2 rings (SSSR count). The Morgan fingerprint density at radius 3 is 2.52 bits per heavy atom. The number of hydrogen-bond acceptors (Lipinski definition) is 4. The molecule has 140 valence electrons. The Morgan fingerprint density at radius 1 is 1.32 bits per heavy atom. The van der Waals surface area contributed by atoms with Crippen LogP contribution in [0.25, 0.3) is 0 Å². The molecule has 0 radical (unpaired) electrons. The zero-order valence-corrected chi connectivity index (χ0v) is 14.5. The van der Waals surface area contributed by atoms with E-state index >= 15 is 0 Å². The molecule has 0 amide bonds. The molecule has 1 heterocycles. The highest BCUT2D eigenvalue weighted by molar-refractivity contribution is 7.91. The van der Waals surface area contributed by atoms with Crippen molar-refractivity contribution in [1.82, 2.24) is 10.6 Å². The SMILES string of the molecule is CN=C(NCCc1ccc(OC(F)(F)F)cc1)NC1CCS(=O)(=O)C1. The molecule has 0 aromatic heterocycles. The van der Waals surface area contributed by atoms with Gasteiger partial charge in [-0.3, -0.25) is 4.99 Å². The van der Waals surface area contributed by atoms with E-state index < -0.39 is 16.2 Å². The lowest BCUT2D eigenvalue weighted by atomic mass is 10.1. The highest BCUT2D eigenvalue weighted by Gasteiger charge is 2.31. The fraction of sp³-hybridized carbons (Fsp3) is 0.533. The number of halogens is 3. The number of nitrogens with zero attached hydrogens (tertiary/aromatic N) is 1. The lowest BCUT2D eigenvalue weighted by Gasteiger charge is -2.16. The zero-order chi connectivity index (χ0) is 18.5. The summed E-state index contributed by atoms with van der Waals surface area (Å²) in [6.07, 6.45) is -3.59. The van der Waals surface area contributed by atoms with Crippen molar-refractivity contribution in [2.75, 3.05) is 25.1 Å². The number of alkyl halides is 3. The van der Waals surface area contributed by atoms with Crippen molar-refractivity contribution in [2.24, 2.45) is 4.99 Å². The third-order valence-corrected chi connectivity index (χ3v) is 5.43. The first-order valence-corrected chi connectivity index (χ1v) is 9.51. The second kappa shape index (κ2) is 7.94. The molecule has 0 aliphatic carbocycles. The normalized spacial score (nSPS) is 20.3. The molecule has 1 saturated heterocycles. The smallest absolute Gasteiger partial charge is 0.406 e. The van der Waals surface area contributed by atoms with Gasteiger partial charge >= 0.3 is 6.36 Å². The highest BCUT2D eigenvalue weighted by atomic mass is 32.2. The van der Waals surface area contributed by atoms with E-state index in [1.54, 1.807) is 19.2 Å². The number of nitrogens with one attached hydrogen (secondary N) is 2. The number of guanidine groups is 1. The molecule has 1 aliphatic heterocycles. The van der Waals surface area contributed by atoms with Crippen molar-refractivity contribution in [2.45, 2.75) is 25.2 Å². The summed E-state index contributed by atoms with van der Waals surface area (Å²) in [4.78, 5) is 4.04. The highest BCUT2D eigenvalue weighted by Crippen LogP contribution is 2.22. The summed E-state index contributed by atoms with van der Waals surface area (Å²) < 4.78 is 63.0. The summed E-state index contributed by atoms with van der Waals surface area (Å²) in [7, 11) is -1.38. The summed E-state index contributed by atoms with van der Waals surface area (Å²) in [5.41, 5.74) is 0.834. The second-order valence-electron chi connectivity index (χ2n) is 5.69. The molecule has 1 aliphatic rings. The van der Waals surface area contributed by atoms with Gasteiger partial charge in [-0.1, -0.05) is 12.1 Å². The van der Waals surface area contributed by atoms with Crippen LogP contribution in [-0.2, 0) is 16.3 Å². The number of sulfone groups is 1. The van der Waals surface area contributed by atoms with E-state index in [-0.39, 0.29) is 23.3 Å². The van der Waals surface area contributed by atoms with Crippen LogP contribution in [0, 0.1) is 0 Å². The Balaban J connectivity index is 1.77. The predicted octanol–water partition coefficient (Wildman–Crippen LogP) is 1.48. The molecule has 1 atom stereocenters. The molecular formula is C15H20F3N3O3S. The van der Waals surface area contributed by atoms with Gasteiger partial charge in [0.15, 0.2) is 15.8 Å². The van der Waals surface area contributed by atoms with Gasteiger partial charge in [0.1, 0.15) is 5.75 Å². The van der Waals surface area contributed by atoms with Crippen LogP contribution in [0.3, 0.4) is 0 Å². The number of benzene rings is 1. The largest absolute Gasteiger partial charge is 0.573 e. The number of ether oxygens (including phenoxy) is 1. The first-order valence-electron chi connectivity index (χ1n) is 7.69. The zero-order valence-electron chi connectivity index (χ0n) is 13.6. The van der Waals surface area contributed by atoms with Crippen LogP contribution in [0.5, 0.6) is 5.75 Å². The van der Waals surface area contributed by atoms with Crippen molar-refractivity contribution in [3.8, 4) is 5.75 Å². The Kier molecular flexibility index (Phi) is 6.15. The number of rotatable bonds is 5. The predicted molar refractivity (Wildman–Crippen MR) is 88.4 cm³/mol. The summed E-state index contributed by atoms with van der Waals surface area (Å²) in [5.74, 6) is 0.505. The molecule has 1 aromatic carbocycles. The fourth-order valence-corrected chi connectivity index (χ4v) is 4.15. The van der Waals surface area contributed by atoms with Crippen LogP contribution in [0.4, 0.5) is 13.2 Å². The summed E-state index contributed by atoms with van der Waals surface area (Å²) >= 11 is 0. The van der Waals surface area contributed by atoms with Crippen LogP contribution in [0.2, 0.25) is 0 Å². The lowest BCUT2D eigenvalue weighted by Crippen LogP contribution is -2.44. The molecule has 0 bridgehead atoms. The molecule has 10 heteroatoms. The molecular weight excluding hydrogens is 359 g/mol. The minimum absolute atomic E-state index is 0.0916. The first-order chi connectivity index (χ1) is 11.7. The van der Waals surface area contributed by atoms with Crippen LogP contribution in [0.1, 0.15) is 12.0 Å². The van der Waals surface area contributed by atoms with E-state index in [9.17, 15) is 21.6 Å². The Bertz CT molecular complexity index is 703. The third kappa shape index (κ3) is 6.81. The molecule has 2 N–H and O–H groups in total. The van der Waals surface area contributed by atoms with E-state index in [1.165, 1.54) is 12.1 Å². The maximum Gasteiger partial charge on any atom is 0.573 e. The molecule has 25 heavy (non-hydrogen) atoms. The minimum Gasteiger partial charge on any atom is -0.406 e. The van der Waals surface area contributed by atoms with Crippen LogP contribution in [-0.4, -0.2) is 51.9 Å². The molecule has 1 unspecified atom stereocenters. The van der Waals surface area contributed by atoms with E-state index in [4.69, 9.17) is 0 Å². The van der Waals surface area contributed by atoms with Gasteiger partial charge in [-0.2, -0.15) is 0 Å². The van der Waals surface area contributed by atoms with E-state index in [2.05, 4.69) is 20.4 Å².